The summed E-state index contributed by atoms with van der Waals surface area (Å²) in [7, 11) is 0. The summed E-state index contributed by atoms with van der Waals surface area (Å²) in [6.45, 7) is 0. The van der Waals surface area contributed by atoms with Crippen LogP contribution in [0.3, 0.4) is 0 Å². The van der Waals surface area contributed by atoms with Crippen LogP contribution in [0.5, 0.6) is 0 Å². The van der Waals surface area contributed by atoms with Crippen molar-refractivity contribution in [2.45, 2.75) is 0 Å². The Morgan fingerprint density at radius 2 is 0.964 bits per heavy atom. The Labute approximate surface area is 343 Å². The van der Waals surface area contributed by atoms with Crippen LogP contribution in [0.25, 0.3) is 121 Å². The van der Waals surface area contributed by atoms with Gasteiger partial charge in [-0.2, -0.15) is 0 Å². The molecule has 12 aromatic rings. The molecule has 0 bridgehead atoms. The topological polar surface area (TPSA) is 26.3 Å². The SMILES string of the molecule is [2H]c1c([2H])c([2H])c2c(-c3c4c([2H])c([2H])c([2H])c([2H])c4c(-c4c5oc(-c6ccc7ccccc7c6)c(-c6ccccc6)c5cc5c4oc4ccccc45)c4c([2H])c([2H])c([2H])c([2H])c34)c([2H])c([2H])c([2H])c2c1[2H]. The van der Waals surface area contributed by atoms with E-state index in [1.54, 1.807) is 12.1 Å². The molecule has 2 aromatic heterocycles. The lowest BCUT2D eigenvalue weighted by Gasteiger charge is -2.19. The van der Waals surface area contributed by atoms with Crippen molar-refractivity contribution in [3.8, 4) is 44.7 Å². The first-order chi connectivity index (χ1) is 34.0. The van der Waals surface area contributed by atoms with Gasteiger partial charge in [-0.15, -0.1) is 0 Å². The molecule has 0 saturated heterocycles. The Balaban J connectivity index is 1.41. The van der Waals surface area contributed by atoms with Gasteiger partial charge in [-0.1, -0.05) is 176 Å². The summed E-state index contributed by atoms with van der Waals surface area (Å²) in [5.41, 5.74) is 1.85. The molecule has 10 aromatic carbocycles. The lowest BCUT2D eigenvalue weighted by atomic mass is 9.84. The molecule has 0 unspecified atom stereocenters. The molecule has 0 saturated carbocycles. The number of hydrogen-bond donors (Lipinski definition) is 0. The molecule has 2 heterocycles. The van der Waals surface area contributed by atoms with E-state index in [4.69, 9.17) is 18.4 Å². The lowest BCUT2D eigenvalue weighted by molar-refractivity contribution is 0.630. The molecule has 0 N–H and O–H groups in total. The van der Waals surface area contributed by atoms with Crippen LogP contribution in [-0.2, 0) is 0 Å². The summed E-state index contributed by atoms with van der Waals surface area (Å²) in [6.07, 6.45) is 0. The van der Waals surface area contributed by atoms with Gasteiger partial charge in [0.15, 0.2) is 0 Å². The van der Waals surface area contributed by atoms with Gasteiger partial charge in [0.25, 0.3) is 0 Å². The second-order valence-corrected chi connectivity index (χ2v) is 13.6. The molecule has 0 aliphatic heterocycles. The summed E-state index contributed by atoms with van der Waals surface area (Å²) < 4.78 is 153. The van der Waals surface area contributed by atoms with Gasteiger partial charge in [-0.3, -0.25) is 0 Å². The van der Waals surface area contributed by atoms with Crippen LogP contribution < -0.4 is 0 Å². The Hall–Kier alpha value is -7.42. The van der Waals surface area contributed by atoms with Crippen molar-refractivity contribution in [2.24, 2.45) is 0 Å². The van der Waals surface area contributed by atoms with E-state index >= 15 is 0 Å². The second-order valence-electron chi connectivity index (χ2n) is 13.6. The minimum Gasteiger partial charge on any atom is -0.455 e. The largest absolute Gasteiger partial charge is 0.455 e. The van der Waals surface area contributed by atoms with Crippen LogP contribution in [-0.4, -0.2) is 0 Å². The summed E-state index contributed by atoms with van der Waals surface area (Å²) in [4.78, 5) is 0. The molecule has 0 fully saturated rings. The van der Waals surface area contributed by atoms with Crippen LogP contribution in [0.15, 0.2) is 203 Å². The highest BCUT2D eigenvalue weighted by molar-refractivity contribution is 6.30. The zero-order chi connectivity index (χ0) is 49.8. The van der Waals surface area contributed by atoms with Gasteiger partial charge in [0, 0.05) is 32.8 Å². The zero-order valence-corrected chi connectivity index (χ0v) is 29.1. The maximum atomic E-state index is 9.84. The van der Waals surface area contributed by atoms with E-state index in [-0.39, 0.29) is 43.8 Å². The number of hydrogen-bond acceptors (Lipinski definition) is 2. The van der Waals surface area contributed by atoms with E-state index < -0.39 is 113 Å². The molecule has 2 heteroatoms. The van der Waals surface area contributed by atoms with Crippen molar-refractivity contribution < 1.29 is 29.4 Å². The first-order valence-corrected chi connectivity index (χ1v) is 17.9. The van der Waals surface area contributed by atoms with Gasteiger partial charge < -0.3 is 8.83 Å². The van der Waals surface area contributed by atoms with Gasteiger partial charge in [0.1, 0.15) is 22.5 Å². The first kappa shape index (κ1) is 19.8. The minimum absolute atomic E-state index is 0.0788. The minimum atomic E-state index is -0.788. The highest BCUT2D eigenvalue weighted by Crippen LogP contribution is 2.53. The summed E-state index contributed by atoms with van der Waals surface area (Å²) in [5, 5.41) is 1.37. The van der Waals surface area contributed by atoms with E-state index in [1.807, 2.05) is 91.0 Å². The zero-order valence-electron chi connectivity index (χ0n) is 44.1. The maximum Gasteiger partial charge on any atom is 0.147 e. The smallest absolute Gasteiger partial charge is 0.147 e. The van der Waals surface area contributed by atoms with E-state index in [0.717, 1.165) is 16.3 Å². The molecule has 12 rings (SSSR count). The van der Waals surface area contributed by atoms with Crippen LogP contribution in [0.4, 0.5) is 0 Å². The van der Waals surface area contributed by atoms with Crippen LogP contribution in [0.1, 0.15) is 20.6 Å². The first-order valence-electron chi connectivity index (χ1n) is 25.4. The maximum absolute atomic E-state index is 9.84. The molecule has 0 atom stereocenters. The monoisotopic (exact) mass is 727 g/mol. The van der Waals surface area contributed by atoms with Gasteiger partial charge in [0.2, 0.25) is 0 Å². The number of fused-ring (bicyclic) bond motifs is 8. The van der Waals surface area contributed by atoms with Crippen LogP contribution in [0, 0.1) is 0 Å². The van der Waals surface area contributed by atoms with Crippen LogP contribution >= 0.6 is 0 Å². The predicted octanol–water partition coefficient (Wildman–Crippen LogP) is 15.6. The molecule has 0 spiro atoms. The average Bonchev–Trinajstić information content (AvgIpc) is 3.96. The van der Waals surface area contributed by atoms with Crippen molar-refractivity contribution in [3.05, 3.63) is 194 Å². The molecule has 0 amide bonds. The molecule has 0 aliphatic rings. The van der Waals surface area contributed by atoms with Crippen LogP contribution in [0.2, 0.25) is 0 Å². The van der Waals surface area contributed by atoms with Crippen molar-refractivity contribution >= 4 is 76.0 Å². The van der Waals surface area contributed by atoms with Crippen molar-refractivity contribution in [3.63, 3.8) is 0 Å². The Morgan fingerprint density at radius 1 is 0.339 bits per heavy atom. The third-order valence-electron chi connectivity index (χ3n) is 10.6. The summed E-state index contributed by atoms with van der Waals surface area (Å²) in [6, 6.07) is 21.5. The number of rotatable bonds is 4. The quantitative estimate of drug-likeness (QED) is 0.169. The fourth-order valence-electron chi connectivity index (χ4n) is 8.19. The van der Waals surface area contributed by atoms with Gasteiger partial charge in [0.05, 0.1) is 26.1 Å². The van der Waals surface area contributed by atoms with Gasteiger partial charge in [-0.25, -0.2) is 0 Å². The fraction of sp³-hybridized carbons (Fsp3) is 0. The third kappa shape index (κ3) is 4.50. The number of para-hydroxylation sites is 1. The summed E-state index contributed by atoms with van der Waals surface area (Å²) in [5.74, 6) is 0.419. The Kier molecular flexibility index (Phi) is 4.25. The van der Waals surface area contributed by atoms with E-state index in [1.165, 1.54) is 0 Å². The molecular formula is C54H32O2. The third-order valence-corrected chi connectivity index (χ3v) is 10.6. The Morgan fingerprint density at radius 3 is 1.75 bits per heavy atom. The van der Waals surface area contributed by atoms with Crippen molar-refractivity contribution in [1.29, 1.82) is 0 Å². The number of benzene rings is 10. The van der Waals surface area contributed by atoms with Crippen molar-refractivity contribution in [1.82, 2.24) is 0 Å². The molecule has 260 valence electrons. The molecule has 0 radical (unpaired) electrons. The average molecular weight is 728 g/mol. The molecular weight excluding hydrogens is 681 g/mol. The highest BCUT2D eigenvalue weighted by atomic mass is 16.3. The van der Waals surface area contributed by atoms with E-state index in [9.17, 15) is 11.0 Å². The van der Waals surface area contributed by atoms with E-state index in [2.05, 4.69) is 0 Å². The Bertz CT molecular complexity index is 4320. The molecule has 56 heavy (non-hydrogen) atoms. The fourth-order valence-corrected chi connectivity index (χ4v) is 8.19. The second kappa shape index (κ2) is 12.0. The van der Waals surface area contributed by atoms with Gasteiger partial charge in [-0.05, 0) is 78.0 Å². The molecule has 2 nitrogen and oxygen atoms in total. The normalized spacial score (nSPS) is 15.7. The highest BCUT2D eigenvalue weighted by Gasteiger charge is 2.28. The number of furan rings is 2. The van der Waals surface area contributed by atoms with E-state index in [0.29, 0.717) is 38.6 Å². The summed E-state index contributed by atoms with van der Waals surface area (Å²) >= 11 is 0. The van der Waals surface area contributed by atoms with Crippen molar-refractivity contribution in [2.75, 3.05) is 0 Å². The standard InChI is InChI=1S/C54H32O2/c1-2-17-35(18-3-1)48-46-32-45-39-22-12-13-28-47(39)55-53(45)51(54(46)56-52(48)37-30-29-33-15-4-5-19-36(33)31-37)50-43-25-10-8-23-41(43)49(42-24-9-11-26-44(42)50)40-27-14-20-34-16-6-7-21-38(34)40/h1-32H/i6D,7D,8D,9D,10D,11D,14D,16D,20D,21D,23D,24D,25D,26D,27D. The predicted molar refractivity (Wildman–Crippen MR) is 235 cm³/mol. The lowest BCUT2D eigenvalue weighted by Crippen LogP contribution is -1.92. The molecule has 0 aliphatic carbocycles. The van der Waals surface area contributed by atoms with Gasteiger partial charge >= 0.3 is 0 Å².